The van der Waals surface area contributed by atoms with E-state index in [0.717, 1.165) is 47.2 Å². The summed E-state index contributed by atoms with van der Waals surface area (Å²) < 4.78 is 1.64. The molecule has 120 valence electrons. The zero-order valence-electron chi connectivity index (χ0n) is 13.3. The molecule has 2 aliphatic rings. The quantitative estimate of drug-likeness (QED) is 0.704. The van der Waals surface area contributed by atoms with E-state index in [9.17, 15) is 10.2 Å². The van der Waals surface area contributed by atoms with Gasteiger partial charge in [-0.25, -0.2) is 0 Å². The van der Waals surface area contributed by atoms with E-state index in [1.165, 1.54) is 0 Å². The standard InChI is InChI=1S/C21H19NO2/c23-20-18-14-10-11-15(12-14)19(18)21(24)22(20)17-9-5-4-8-16(17)13-6-2-1-3-7-13/h1-9,14-15,23-24H,10-12H2. The molecule has 2 N–H and O–H groups in total. The molecule has 5 rings (SSSR count). The third kappa shape index (κ3) is 1.72. The summed E-state index contributed by atoms with van der Waals surface area (Å²) in [6, 6.07) is 18.0. The average molecular weight is 317 g/mol. The second-order valence-electron chi connectivity index (χ2n) is 6.90. The number of para-hydroxylation sites is 1. The van der Waals surface area contributed by atoms with Gasteiger partial charge in [0.1, 0.15) is 0 Å². The molecule has 0 amide bonds. The van der Waals surface area contributed by atoms with Crippen molar-refractivity contribution in [1.29, 1.82) is 0 Å². The first-order valence-corrected chi connectivity index (χ1v) is 8.57. The van der Waals surface area contributed by atoms with E-state index in [1.54, 1.807) is 4.57 Å². The van der Waals surface area contributed by atoms with Crippen molar-refractivity contribution in [2.45, 2.75) is 31.1 Å². The highest BCUT2D eigenvalue weighted by molar-refractivity contribution is 5.75. The number of aromatic nitrogens is 1. The molecule has 3 heteroatoms. The summed E-state index contributed by atoms with van der Waals surface area (Å²) >= 11 is 0. The van der Waals surface area contributed by atoms with Gasteiger partial charge in [-0.3, -0.25) is 4.57 Å². The Bertz CT molecular complexity index is 893. The number of nitrogens with zero attached hydrogens (tertiary/aromatic N) is 1. The van der Waals surface area contributed by atoms with Crippen LogP contribution in [0.2, 0.25) is 0 Å². The monoisotopic (exact) mass is 317 g/mol. The van der Waals surface area contributed by atoms with Crippen molar-refractivity contribution in [3.05, 3.63) is 65.7 Å². The molecule has 2 bridgehead atoms. The van der Waals surface area contributed by atoms with Crippen LogP contribution in [0.3, 0.4) is 0 Å². The Labute approximate surface area is 140 Å². The van der Waals surface area contributed by atoms with Crippen LogP contribution in [0.25, 0.3) is 16.8 Å². The highest BCUT2D eigenvalue weighted by atomic mass is 16.3. The van der Waals surface area contributed by atoms with Crippen molar-refractivity contribution in [3.63, 3.8) is 0 Å². The highest BCUT2D eigenvalue weighted by Gasteiger charge is 2.44. The van der Waals surface area contributed by atoms with Crippen molar-refractivity contribution in [2.75, 3.05) is 0 Å². The first kappa shape index (κ1) is 13.7. The summed E-state index contributed by atoms with van der Waals surface area (Å²) in [6.07, 6.45) is 3.32. The summed E-state index contributed by atoms with van der Waals surface area (Å²) in [7, 11) is 0. The van der Waals surface area contributed by atoms with E-state index in [0.29, 0.717) is 11.8 Å². The predicted molar refractivity (Wildman–Crippen MR) is 93.9 cm³/mol. The van der Waals surface area contributed by atoms with Crippen LogP contribution >= 0.6 is 0 Å². The number of hydrogen-bond donors (Lipinski definition) is 2. The van der Waals surface area contributed by atoms with Crippen LogP contribution in [0.15, 0.2) is 54.6 Å². The van der Waals surface area contributed by atoms with Crippen molar-refractivity contribution in [1.82, 2.24) is 4.57 Å². The second kappa shape index (κ2) is 4.91. The number of rotatable bonds is 2. The molecular weight excluding hydrogens is 298 g/mol. The average Bonchev–Trinajstić information content (AvgIpc) is 3.30. The van der Waals surface area contributed by atoms with Crippen LogP contribution < -0.4 is 0 Å². The molecule has 0 saturated heterocycles. The zero-order chi connectivity index (χ0) is 16.3. The Morgan fingerprint density at radius 2 is 1.33 bits per heavy atom. The van der Waals surface area contributed by atoms with Gasteiger partial charge >= 0.3 is 0 Å². The first-order valence-electron chi connectivity index (χ1n) is 8.57. The lowest BCUT2D eigenvalue weighted by Crippen LogP contribution is -1.98. The molecule has 0 radical (unpaired) electrons. The molecule has 0 spiro atoms. The first-order chi connectivity index (χ1) is 11.8. The van der Waals surface area contributed by atoms with Gasteiger partial charge in [-0.1, -0.05) is 48.5 Å². The van der Waals surface area contributed by atoms with E-state index in [4.69, 9.17) is 0 Å². The van der Waals surface area contributed by atoms with E-state index in [-0.39, 0.29) is 11.8 Å². The summed E-state index contributed by atoms with van der Waals surface area (Å²) in [4.78, 5) is 0. The third-order valence-corrected chi connectivity index (χ3v) is 5.67. The molecule has 2 aromatic carbocycles. The van der Waals surface area contributed by atoms with E-state index >= 15 is 0 Å². The molecule has 0 aliphatic heterocycles. The summed E-state index contributed by atoms with van der Waals surface area (Å²) in [5, 5.41) is 21.8. The molecule has 1 fully saturated rings. The maximum Gasteiger partial charge on any atom is 0.202 e. The van der Waals surface area contributed by atoms with Crippen molar-refractivity contribution >= 4 is 0 Å². The van der Waals surface area contributed by atoms with Gasteiger partial charge in [0.25, 0.3) is 0 Å². The number of fused-ring (bicyclic) bond motifs is 5. The Balaban J connectivity index is 1.75. The molecular formula is C21H19NO2. The van der Waals surface area contributed by atoms with Crippen LogP contribution in [0.4, 0.5) is 0 Å². The molecule has 1 aromatic heterocycles. The van der Waals surface area contributed by atoms with E-state index in [2.05, 4.69) is 0 Å². The van der Waals surface area contributed by atoms with Crippen LogP contribution in [-0.4, -0.2) is 14.8 Å². The molecule has 2 aliphatic carbocycles. The maximum atomic E-state index is 10.9. The van der Waals surface area contributed by atoms with Gasteiger partial charge in [0.15, 0.2) is 0 Å². The van der Waals surface area contributed by atoms with E-state index in [1.807, 2.05) is 54.6 Å². The summed E-state index contributed by atoms with van der Waals surface area (Å²) in [5.41, 5.74) is 4.86. The summed E-state index contributed by atoms with van der Waals surface area (Å²) in [5.74, 6) is 1.25. The second-order valence-corrected chi connectivity index (χ2v) is 6.90. The number of hydrogen-bond acceptors (Lipinski definition) is 2. The van der Waals surface area contributed by atoms with Gasteiger partial charge in [-0.15, -0.1) is 0 Å². The van der Waals surface area contributed by atoms with E-state index < -0.39 is 0 Å². The fourth-order valence-corrected chi connectivity index (χ4v) is 4.65. The maximum absolute atomic E-state index is 10.9. The molecule has 2 atom stereocenters. The molecule has 3 aromatic rings. The lowest BCUT2D eigenvalue weighted by atomic mass is 9.95. The van der Waals surface area contributed by atoms with Gasteiger partial charge < -0.3 is 10.2 Å². The lowest BCUT2D eigenvalue weighted by Gasteiger charge is -2.14. The van der Waals surface area contributed by atoms with Crippen molar-refractivity contribution in [3.8, 4) is 28.6 Å². The van der Waals surface area contributed by atoms with Gasteiger partial charge in [-0.2, -0.15) is 0 Å². The van der Waals surface area contributed by atoms with Crippen LogP contribution in [0.1, 0.15) is 42.2 Å². The number of benzene rings is 2. The third-order valence-electron chi connectivity index (χ3n) is 5.67. The lowest BCUT2D eigenvalue weighted by molar-refractivity contribution is 0.395. The molecule has 2 unspecified atom stereocenters. The molecule has 1 heterocycles. The highest BCUT2D eigenvalue weighted by Crippen LogP contribution is 2.60. The van der Waals surface area contributed by atoms with Gasteiger partial charge in [0, 0.05) is 16.7 Å². The minimum absolute atomic E-state index is 0.220. The van der Waals surface area contributed by atoms with Gasteiger partial charge in [0.2, 0.25) is 11.8 Å². The fourth-order valence-electron chi connectivity index (χ4n) is 4.65. The minimum atomic E-state index is 0.220. The Morgan fingerprint density at radius 3 is 2.00 bits per heavy atom. The SMILES string of the molecule is Oc1c2c(c(O)n1-c1ccccc1-c1ccccc1)C1CCC2C1. The normalized spacial score (nSPS) is 21.2. The molecule has 24 heavy (non-hydrogen) atoms. The zero-order valence-corrected chi connectivity index (χ0v) is 13.3. The van der Waals surface area contributed by atoms with Crippen molar-refractivity contribution < 1.29 is 10.2 Å². The Kier molecular flexibility index (Phi) is 2.81. The van der Waals surface area contributed by atoms with Crippen LogP contribution in [0, 0.1) is 0 Å². The predicted octanol–water partition coefficient (Wildman–Crippen LogP) is 4.92. The summed E-state index contributed by atoms with van der Waals surface area (Å²) in [6.45, 7) is 0. The van der Waals surface area contributed by atoms with Gasteiger partial charge in [-0.05, 0) is 42.7 Å². The van der Waals surface area contributed by atoms with Crippen molar-refractivity contribution in [2.24, 2.45) is 0 Å². The topological polar surface area (TPSA) is 45.4 Å². The largest absolute Gasteiger partial charge is 0.494 e. The van der Waals surface area contributed by atoms with Gasteiger partial charge in [0.05, 0.1) is 5.69 Å². The molecule has 1 saturated carbocycles. The molecule has 3 nitrogen and oxygen atoms in total. The van der Waals surface area contributed by atoms with Crippen LogP contribution in [0.5, 0.6) is 11.8 Å². The van der Waals surface area contributed by atoms with Crippen LogP contribution in [-0.2, 0) is 0 Å². The Hall–Kier alpha value is -2.68. The Morgan fingerprint density at radius 1 is 0.750 bits per heavy atom. The minimum Gasteiger partial charge on any atom is -0.494 e. The fraction of sp³-hybridized carbons (Fsp3) is 0.238. The smallest absolute Gasteiger partial charge is 0.202 e. The number of aromatic hydroxyl groups is 2.